The summed E-state index contributed by atoms with van der Waals surface area (Å²) in [5.74, 6) is -0.147. The van der Waals surface area contributed by atoms with Gasteiger partial charge in [-0.1, -0.05) is 23.7 Å². The normalized spacial score (nSPS) is 14.5. The molecule has 0 aliphatic heterocycles. The Balaban J connectivity index is 1.77. The Hall–Kier alpha value is -3.05. The van der Waals surface area contributed by atoms with Crippen molar-refractivity contribution in [3.8, 4) is 5.75 Å². The molecule has 3 aromatic rings. The number of halogens is 1. The minimum atomic E-state index is -1.07. The zero-order chi connectivity index (χ0) is 19.0. The van der Waals surface area contributed by atoms with E-state index in [0.29, 0.717) is 39.5 Å². The highest BCUT2D eigenvalue weighted by Gasteiger charge is 2.24. The van der Waals surface area contributed by atoms with Crippen LogP contribution in [0.1, 0.15) is 23.3 Å². The van der Waals surface area contributed by atoms with E-state index in [9.17, 15) is 9.59 Å². The number of hydrogen-bond acceptors (Lipinski definition) is 4. The first kappa shape index (κ1) is 17.4. The van der Waals surface area contributed by atoms with Crippen molar-refractivity contribution in [3.63, 3.8) is 0 Å². The number of ether oxygens (including phenoxy) is 1. The summed E-state index contributed by atoms with van der Waals surface area (Å²) in [6.45, 7) is -0.456. The van der Waals surface area contributed by atoms with E-state index in [1.807, 2.05) is 30.3 Å². The minimum absolute atomic E-state index is 0.0597. The van der Waals surface area contributed by atoms with Gasteiger partial charge in [0.1, 0.15) is 17.1 Å². The highest BCUT2D eigenvalue weighted by atomic mass is 35.5. The maximum Gasteiger partial charge on any atom is 0.341 e. The molecule has 0 fully saturated rings. The molecule has 0 saturated heterocycles. The Morgan fingerprint density at radius 3 is 2.70 bits per heavy atom. The molecule has 1 N–H and O–H groups in total. The summed E-state index contributed by atoms with van der Waals surface area (Å²) in [7, 11) is 0. The van der Waals surface area contributed by atoms with Crippen molar-refractivity contribution in [2.75, 3.05) is 6.61 Å². The summed E-state index contributed by atoms with van der Waals surface area (Å²) in [5, 5.41) is 9.86. The highest BCUT2D eigenvalue weighted by Crippen LogP contribution is 2.35. The highest BCUT2D eigenvalue weighted by molar-refractivity contribution is 6.30. The van der Waals surface area contributed by atoms with E-state index in [0.717, 1.165) is 17.6 Å². The van der Waals surface area contributed by atoms with Crippen molar-refractivity contribution in [2.24, 2.45) is 0 Å². The first-order valence-electron chi connectivity index (χ1n) is 8.42. The summed E-state index contributed by atoms with van der Waals surface area (Å²) in [6, 6.07) is 12.2. The predicted molar refractivity (Wildman–Crippen MR) is 103 cm³/mol. The fraction of sp³-hybridized carbons (Fsp3) is 0.143. The second-order valence-corrected chi connectivity index (χ2v) is 6.74. The van der Waals surface area contributed by atoms with Gasteiger partial charge in [-0.05, 0) is 54.3 Å². The number of hydrogen-bond donors (Lipinski definition) is 1. The molecule has 0 atom stereocenters. The Bertz CT molecular complexity index is 1130. The van der Waals surface area contributed by atoms with Gasteiger partial charge in [-0.2, -0.15) is 0 Å². The standard InChI is InChI=1S/C21H15ClO5/c22-14-4-1-12(2-5-14)9-13-3-7-17-20(25)16-8-6-15(26-11-19(23)24)10-18(16)27-21(13)17/h1-2,4-6,8-10H,3,7,11H2,(H,23,24). The van der Waals surface area contributed by atoms with Crippen LogP contribution >= 0.6 is 11.6 Å². The van der Waals surface area contributed by atoms with E-state index >= 15 is 0 Å². The first-order chi connectivity index (χ1) is 13.0. The van der Waals surface area contributed by atoms with E-state index in [1.54, 1.807) is 18.2 Å². The predicted octanol–water partition coefficient (Wildman–Crippen LogP) is 4.40. The number of carbonyl (C=O) groups is 1. The van der Waals surface area contributed by atoms with Gasteiger partial charge in [0.25, 0.3) is 0 Å². The zero-order valence-electron chi connectivity index (χ0n) is 14.2. The van der Waals surface area contributed by atoms with Crippen LogP contribution in [0.5, 0.6) is 5.75 Å². The third kappa shape index (κ3) is 3.46. The molecule has 6 heteroatoms. The molecule has 0 bridgehead atoms. The monoisotopic (exact) mass is 382 g/mol. The average molecular weight is 383 g/mol. The molecule has 1 heterocycles. The molecule has 1 aliphatic carbocycles. The van der Waals surface area contributed by atoms with Gasteiger partial charge in [0.05, 0.1) is 5.39 Å². The summed E-state index contributed by atoms with van der Waals surface area (Å²) in [5.41, 5.74) is 2.91. The fourth-order valence-corrected chi connectivity index (χ4v) is 3.33. The van der Waals surface area contributed by atoms with Crippen LogP contribution in [-0.4, -0.2) is 17.7 Å². The quantitative estimate of drug-likeness (QED) is 0.723. The van der Waals surface area contributed by atoms with Crippen molar-refractivity contribution in [3.05, 3.63) is 74.6 Å². The van der Waals surface area contributed by atoms with Crippen molar-refractivity contribution in [1.29, 1.82) is 0 Å². The lowest BCUT2D eigenvalue weighted by Gasteiger charge is -2.07. The van der Waals surface area contributed by atoms with Gasteiger partial charge >= 0.3 is 5.97 Å². The van der Waals surface area contributed by atoms with Crippen LogP contribution in [0.15, 0.2) is 51.7 Å². The van der Waals surface area contributed by atoms with Crippen molar-refractivity contribution in [1.82, 2.24) is 0 Å². The lowest BCUT2D eigenvalue weighted by atomic mass is 10.1. The molecular formula is C21H15ClO5. The van der Waals surface area contributed by atoms with E-state index < -0.39 is 12.6 Å². The lowest BCUT2D eigenvalue weighted by molar-refractivity contribution is -0.139. The van der Waals surface area contributed by atoms with E-state index in [1.165, 1.54) is 0 Å². The Morgan fingerprint density at radius 2 is 1.96 bits per heavy atom. The first-order valence-corrected chi connectivity index (χ1v) is 8.80. The van der Waals surface area contributed by atoms with Gasteiger partial charge in [-0.3, -0.25) is 4.79 Å². The van der Waals surface area contributed by atoms with Crippen LogP contribution in [0, 0.1) is 0 Å². The molecule has 4 rings (SSSR count). The third-order valence-corrected chi connectivity index (χ3v) is 4.72. The number of benzene rings is 2. The number of aliphatic carboxylic acids is 1. The zero-order valence-corrected chi connectivity index (χ0v) is 15.0. The average Bonchev–Trinajstić information content (AvgIpc) is 3.05. The summed E-state index contributed by atoms with van der Waals surface area (Å²) in [6.07, 6.45) is 3.33. The summed E-state index contributed by atoms with van der Waals surface area (Å²) >= 11 is 5.93. The SMILES string of the molecule is O=C(O)COc1ccc2c(=O)c3c(oc2c1)C(=Cc1ccc(Cl)cc1)CC3. The lowest BCUT2D eigenvalue weighted by Crippen LogP contribution is -2.10. The molecule has 0 amide bonds. The van der Waals surface area contributed by atoms with E-state index in [2.05, 4.69) is 0 Å². The molecular weight excluding hydrogens is 368 g/mol. The van der Waals surface area contributed by atoms with Crippen molar-refractivity contribution in [2.45, 2.75) is 12.8 Å². The number of fused-ring (bicyclic) bond motifs is 2. The summed E-state index contributed by atoms with van der Waals surface area (Å²) in [4.78, 5) is 23.5. The molecule has 0 spiro atoms. The molecule has 0 radical (unpaired) electrons. The van der Waals surface area contributed by atoms with Crippen LogP contribution in [-0.2, 0) is 11.2 Å². The number of allylic oxidation sites excluding steroid dienone is 1. The minimum Gasteiger partial charge on any atom is -0.482 e. The third-order valence-electron chi connectivity index (χ3n) is 4.47. The van der Waals surface area contributed by atoms with Crippen LogP contribution in [0.3, 0.4) is 0 Å². The topological polar surface area (TPSA) is 76.7 Å². The molecule has 0 saturated carbocycles. The fourth-order valence-electron chi connectivity index (χ4n) is 3.20. The molecule has 5 nitrogen and oxygen atoms in total. The molecule has 1 aromatic heterocycles. The Labute approximate surface area is 159 Å². The van der Waals surface area contributed by atoms with Crippen LogP contribution in [0.4, 0.5) is 0 Å². The number of rotatable bonds is 4. The van der Waals surface area contributed by atoms with Crippen LogP contribution in [0.2, 0.25) is 5.02 Å². The molecule has 1 aliphatic rings. The molecule has 2 aromatic carbocycles. The number of carboxylic acids is 1. The molecule has 136 valence electrons. The van der Waals surface area contributed by atoms with Crippen molar-refractivity contribution >= 4 is 40.2 Å². The Morgan fingerprint density at radius 1 is 1.19 bits per heavy atom. The largest absolute Gasteiger partial charge is 0.482 e. The number of carboxylic acid groups (broad SMARTS) is 1. The Kier molecular flexibility index (Phi) is 4.46. The van der Waals surface area contributed by atoms with E-state index in [-0.39, 0.29) is 5.43 Å². The molecule has 0 unspecified atom stereocenters. The van der Waals surface area contributed by atoms with Gasteiger partial charge in [-0.25, -0.2) is 4.79 Å². The van der Waals surface area contributed by atoms with Crippen molar-refractivity contribution < 1.29 is 19.1 Å². The maximum absolute atomic E-state index is 12.8. The molecule has 27 heavy (non-hydrogen) atoms. The van der Waals surface area contributed by atoms with Crippen LogP contribution in [0.25, 0.3) is 22.6 Å². The second kappa shape index (κ2) is 6.93. The van der Waals surface area contributed by atoms with Gasteiger partial charge in [0, 0.05) is 16.7 Å². The van der Waals surface area contributed by atoms with E-state index in [4.69, 9.17) is 25.9 Å². The van der Waals surface area contributed by atoms with Gasteiger partial charge < -0.3 is 14.3 Å². The summed E-state index contributed by atoms with van der Waals surface area (Å²) < 4.78 is 11.2. The van der Waals surface area contributed by atoms with Gasteiger partial charge in [-0.15, -0.1) is 0 Å². The second-order valence-electron chi connectivity index (χ2n) is 6.30. The smallest absolute Gasteiger partial charge is 0.341 e. The van der Waals surface area contributed by atoms with Crippen LogP contribution < -0.4 is 10.2 Å². The van der Waals surface area contributed by atoms with Gasteiger partial charge in [0.2, 0.25) is 0 Å². The maximum atomic E-state index is 12.8. The van der Waals surface area contributed by atoms with Gasteiger partial charge in [0.15, 0.2) is 12.0 Å².